The second-order valence-corrected chi connectivity index (χ2v) is 4.73. The molecule has 0 bridgehead atoms. The first-order chi connectivity index (χ1) is 6.93. The number of carboxylic acid groups (broad SMARTS) is 1. The van der Waals surface area contributed by atoms with Crippen LogP contribution in [0, 0.1) is 0 Å². The zero-order valence-corrected chi connectivity index (χ0v) is 9.80. The van der Waals surface area contributed by atoms with Gasteiger partial charge in [-0.25, -0.2) is 4.72 Å². The van der Waals surface area contributed by atoms with Crippen LogP contribution in [-0.4, -0.2) is 32.1 Å². The number of carbonyl (C=O) groups is 1. The minimum absolute atomic E-state index is 0.280. The first-order valence-electron chi connectivity index (χ1n) is 4.92. The van der Waals surface area contributed by atoms with E-state index in [4.69, 9.17) is 5.11 Å². The molecule has 0 aliphatic rings. The minimum Gasteiger partial charge on any atom is -0.480 e. The van der Waals surface area contributed by atoms with Crippen LogP contribution in [-0.2, 0) is 15.0 Å². The van der Waals surface area contributed by atoms with E-state index in [2.05, 4.69) is 9.44 Å². The maximum absolute atomic E-state index is 11.3. The third-order valence-electron chi connectivity index (χ3n) is 1.71. The fraction of sp³-hybridized carbons (Fsp3) is 0.875. The number of hydrogen-bond acceptors (Lipinski definition) is 3. The summed E-state index contributed by atoms with van der Waals surface area (Å²) in [6.07, 6.45) is 1.54. The summed E-state index contributed by atoms with van der Waals surface area (Å²) in [5.41, 5.74) is 0. The highest BCUT2D eigenvalue weighted by Crippen LogP contribution is 1.98. The summed E-state index contributed by atoms with van der Waals surface area (Å²) < 4.78 is 26.9. The lowest BCUT2D eigenvalue weighted by atomic mass is 10.2. The predicted octanol–water partition coefficient (Wildman–Crippen LogP) is 0.0737. The molecule has 0 radical (unpaired) electrons. The minimum atomic E-state index is -3.69. The van der Waals surface area contributed by atoms with Crippen LogP contribution in [0.2, 0.25) is 0 Å². The average Bonchev–Trinajstić information content (AvgIpc) is 2.14. The number of carboxylic acids is 1. The molecular weight excluding hydrogens is 220 g/mol. The van der Waals surface area contributed by atoms with E-state index < -0.39 is 22.2 Å². The largest absolute Gasteiger partial charge is 0.480 e. The first kappa shape index (κ1) is 14.3. The highest BCUT2D eigenvalue weighted by atomic mass is 32.2. The van der Waals surface area contributed by atoms with Crippen LogP contribution in [0.5, 0.6) is 0 Å². The van der Waals surface area contributed by atoms with Crippen LogP contribution in [0.15, 0.2) is 0 Å². The van der Waals surface area contributed by atoms with Crippen LogP contribution in [0.25, 0.3) is 0 Å². The predicted molar refractivity (Wildman–Crippen MR) is 56.7 cm³/mol. The Morgan fingerprint density at radius 3 is 2.33 bits per heavy atom. The Morgan fingerprint density at radius 2 is 1.93 bits per heavy atom. The fourth-order valence-electron chi connectivity index (χ4n) is 0.987. The van der Waals surface area contributed by atoms with Gasteiger partial charge in [0.2, 0.25) is 0 Å². The fourth-order valence-corrected chi connectivity index (χ4v) is 2.14. The van der Waals surface area contributed by atoms with E-state index in [1.165, 1.54) is 0 Å². The van der Waals surface area contributed by atoms with Crippen molar-refractivity contribution < 1.29 is 18.3 Å². The lowest BCUT2D eigenvalue weighted by Gasteiger charge is -2.13. The van der Waals surface area contributed by atoms with E-state index in [0.29, 0.717) is 19.4 Å². The highest BCUT2D eigenvalue weighted by molar-refractivity contribution is 7.87. The molecule has 0 spiro atoms. The molecule has 0 unspecified atom stereocenters. The third-order valence-corrected chi connectivity index (χ3v) is 2.89. The Bertz CT molecular complexity index is 289. The van der Waals surface area contributed by atoms with Gasteiger partial charge < -0.3 is 5.11 Å². The SMILES string of the molecule is CCCNS(=O)(=O)N[C@@H](CCC)C(=O)O. The van der Waals surface area contributed by atoms with Crippen molar-refractivity contribution >= 4 is 16.2 Å². The molecule has 0 aromatic heterocycles. The molecule has 90 valence electrons. The number of hydrogen-bond donors (Lipinski definition) is 3. The van der Waals surface area contributed by atoms with Gasteiger partial charge in [-0.05, 0) is 12.8 Å². The van der Waals surface area contributed by atoms with Gasteiger partial charge in [-0.3, -0.25) is 4.79 Å². The molecule has 7 heteroatoms. The van der Waals surface area contributed by atoms with Gasteiger partial charge >= 0.3 is 5.97 Å². The van der Waals surface area contributed by atoms with Crippen molar-refractivity contribution in [1.29, 1.82) is 0 Å². The summed E-state index contributed by atoms with van der Waals surface area (Å²) in [6, 6.07) is -1.05. The molecule has 0 aliphatic carbocycles. The van der Waals surface area contributed by atoms with Gasteiger partial charge in [0, 0.05) is 6.54 Å². The quantitative estimate of drug-likeness (QED) is 0.557. The number of aliphatic carboxylic acids is 1. The monoisotopic (exact) mass is 238 g/mol. The molecule has 0 aromatic rings. The molecular formula is C8H18N2O4S. The van der Waals surface area contributed by atoms with Crippen molar-refractivity contribution in [1.82, 2.24) is 9.44 Å². The van der Waals surface area contributed by atoms with Crippen molar-refractivity contribution in [3.63, 3.8) is 0 Å². The topological polar surface area (TPSA) is 95.5 Å². The average molecular weight is 238 g/mol. The van der Waals surface area contributed by atoms with E-state index >= 15 is 0 Å². The summed E-state index contributed by atoms with van der Waals surface area (Å²) in [5.74, 6) is -1.15. The van der Waals surface area contributed by atoms with Crippen molar-refractivity contribution in [2.24, 2.45) is 0 Å². The Kier molecular flexibility index (Phi) is 6.46. The summed E-state index contributed by atoms with van der Waals surface area (Å²) in [4.78, 5) is 10.7. The van der Waals surface area contributed by atoms with Crippen molar-refractivity contribution in [2.45, 2.75) is 39.2 Å². The molecule has 0 aliphatic heterocycles. The lowest BCUT2D eigenvalue weighted by molar-refractivity contribution is -0.139. The Morgan fingerprint density at radius 1 is 1.33 bits per heavy atom. The summed E-state index contributed by atoms with van der Waals surface area (Å²) in [6.45, 7) is 3.92. The van der Waals surface area contributed by atoms with Crippen LogP contribution in [0.4, 0.5) is 0 Å². The Balaban J connectivity index is 4.32. The van der Waals surface area contributed by atoms with Crippen molar-refractivity contribution in [2.75, 3.05) is 6.54 Å². The maximum Gasteiger partial charge on any atom is 0.321 e. The van der Waals surface area contributed by atoms with Crippen LogP contribution in [0.3, 0.4) is 0 Å². The molecule has 0 heterocycles. The Labute approximate surface area is 90.2 Å². The van der Waals surface area contributed by atoms with Crippen molar-refractivity contribution in [3.05, 3.63) is 0 Å². The maximum atomic E-state index is 11.3. The summed E-state index contributed by atoms with van der Waals surface area (Å²) in [7, 11) is -3.69. The first-order valence-corrected chi connectivity index (χ1v) is 6.41. The van der Waals surface area contributed by atoms with Gasteiger partial charge in [0.25, 0.3) is 10.2 Å². The second-order valence-electron chi connectivity index (χ2n) is 3.20. The molecule has 0 aromatic carbocycles. The van der Waals surface area contributed by atoms with E-state index in [0.717, 1.165) is 0 Å². The Hall–Kier alpha value is -0.660. The molecule has 15 heavy (non-hydrogen) atoms. The van der Waals surface area contributed by atoms with E-state index in [-0.39, 0.29) is 6.42 Å². The molecule has 6 nitrogen and oxygen atoms in total. The van der Waals surface area contributed by atoms with Crippen LogP contribution < -0.4 is 9.44 Å². The smallest absolute Gasteiger partial charge is 0.321 e. The van der Waals surface area contributed by atoms with E-state index in [1.54, 1.807) is 6.92 Å². The number of nitrogens with one attached hydrogen (secondary N) is 2. The lowest BCUT2D eigenvalue weighted by Crippen LogP contribution is -2.46. The third kappa shape index (κ3) is 6.43. The molecule has 0 fully saturated rings. The van der Waals surface area contributed by atoms with Gasteiger partial charge in [0.15, 0.2) is 0 Å². The zero-order valence-electron chi connectivity index (χ0n) is 8.99. The van der Waals surface area contributed by atoms with Crippen molar-refractivity contribution in [3.8, 4) is 0 Å². The zero-order chi connectivity index (χ0) is 11.9. The molecule has 3 N–H and O–H groups in total. The van der Waals surface area contributed by atoms with Gasteiger partial charge in [-0.1, -0.05) is 20.3 Å². The van der Waals surface area contributed by atoms with E-state index in [9.17, 15) is 13.2 Å². The molecule has 0 saturated carbocycles. The van der Waals surface area contributed by atoms with Gasteiger partial charge in [-0.15, -0.1) is 0 Å². The van der Waals surface area contributed by atoms with Gasteiger partial charge in [-0.2, -0.15) is 13.1 Å². The van der Waals surface area contributed by atoms with Crippen LogP contribution in [0.1, 0.15) is 33.1 Å². The number of rotatable bonds is 8. The van der Waals surface area contributed by atoms with E-state index in [1.807, 2.05) is 6.92 Å². The highest BCUT2D eigenvalue weighted by Gasteiger charge is 2.22. The summed E-state index contributed by atoms with van der Waals surface area (Å²) in [5, 5.41) is 8.74. The van der Waals surface area contributed by atoms with Gasteiger partial charge in [0.1, 0.15) is 6.04 Å². The van der Waals surface area contributed by atoms with Crippen LogP contribution >= 0.6 is 0 Å². The van der Waals surface area contributed by atoms with Gasteiger partial charge in [0.05, 0.1) is 0 Å². The standard InChI is InChI=1S/C8H18N2O4S/c1-3-5-7(8(11)12)10-15(13,14)9-6-4-2/h7,9-10H,3-6H2,1-2H3,(H,11,12)/t7-/m0/s1. The molecule has 1 atom stereocenters. The normalized spacial score (nSPS) is 13.7. The summed E-state index contributed by atoms with van der Waals surface area (Å²) >= 11 is 0. The molecule has 0 rings (SSSR count). The second kappa shape index (κ2) is 6.76. The molecule has 0 saturated heterocycles. The molecule has 0 amide bonds.